The Kier molecular flexibility index (Phi) is 3.71. The maximum absolute atomic E-state index is 9.21. The SMILES string of the molecule is [2H]c1c([B-]2(C3CCCCC3)C3CCCC2CCC3)n(C)c2ccccc12. The second kappa shape index (κ2) is 6.22. The van der Waals surface area contributed by atoms with Crippen molar-refractivity contribution in [2.24, 2.45) is 7.05 Å². The maximum atomic E-state index is 9.21. The zero-order chi connectivity index (χ0) is 17.7. The van der Waals surface area contributed by atoms with Crippen LogP contribution in [0.5, 0.6) is 0 Å². The van der Waals surface area contributed by atoms with Crippen LogP contribution in [-0.2, 0) is 7.05 Å². The molecule has 0 amide bonds. The molecule has 2 heteroatoms. The average Bonchev–Trinajstić information content (AvgIpc) is 2.93. The van der Waals surface area contributed by atoms with E-state index in [1.165, 1.54) is 87.1 Å². The first-order chi connectivity index (χ1) is 12.7. The summed E-state index contributed by atoms with van der Waals surface area (Å²) in [5.41, 5.74) is 2.76. The molecule has 3 heterocycles. The summed E-state index contributed by atoms with van der Waals surface area (Å²) in [6.07, 6.45) is 15.1. The van der Waals surface area contributed by atoms with Crippen LogP contribution >= 0.6 is 0 Å². The van der Waals surface area contributed by atoms with Gasteiger partial charge < -0.3 is 4.57 Å². The Morgan fingerprint density at radius 1 is 0.840 bits per heavy atom. The maximum Gasteiger partial charge on any atom is 0.0611 e. The summed E-state index contributed by atoms with van der Waals surface area (Å²) in [7, 11) is 2.27. The van der Waals surface area contributed by atoms with Gasteiger partial charge in [-0.2, -0.15) is 17.5 Å². The average molecular weight is 335 g/mol. The highest BCUT2D eigenvalue weighted by Gasteiger charge is 2.50. The highest BCUT2D eigenvalue weighted by Crippen LogP contribution is 2.60. The monoisotopic (exact) mass is 335 g/mol. The molecule has 2 aromatic rings. The Labute approximate surface area is 154 Å². The largest absolute Gasteiger partial charge is 0.386 e. The van der Waals surface area contributed by atoms with Gasteiger partial charge in [-0.05, 0) is 11.5 Å². The number of nitrogens with zero attached hydrogens (tertiary/aromatic N) is 1. The molecule has 0 atom stereocenters. The van der Waals surface area contributed by atoms with E-state index in [4.69, 9.17) is 0 Å². The molecule has 0 N–H and O–H groups in total. The Hall–Kier alpha value is -1.18. The van der Waals surface area contributed by atoms with E-state index in [0.29, 0.717) is 0 Å². The van der Waals surface area contributed by atoms with Crippen molar-refractivity contribution < 1.29 is 1.37 Å². The van der Waals surface area contributed by atoms with Crippen molar-refractivity contribution in [2.45, 2.75) is 88.1 Å². The summed E-state index contributed by atoms with van der Waals surface area (Å²) in [5.74, 6) is 2.61. The minimum atomic E-state index is -0.612. The Bertz CT molecular complexity index is 743. The van der Waals surface area contributed by atoms with Crippen molar-refractivity contribution >= 4 is 22.6 Å². The van der Waals surface area contributed by atoms with Crippen molar-refractivity contribution in [3.8, 4) is 0 Å². The standard InChI is InChI=1S/C23H33BN/c1-25-22-16-6-5-9-18(22)17-23(25)24(19-10-3-2-4-11-19)20-12-7-13-21(24)15-8-14-20/h5-6,9,16-17,19-21H,2-4,7-8,10-15H2,1H3/q-1/i17D. The van der Waals surface area contributed by atoms with Crippen LogP contribution < -0.4 is 5.59 Å². The minimum Gasteiger partial charge on any atom is -0.386 e. The lowest BCUT2D eigenvalue weighted by Gasteiger charge is -2.64. The molecule has 5 rings (SSSR count). The third-order valence-electron chi connectivity index (χ3n) is 8.65. The van der Waals surface area contributed by atoms with Gasteiger partial charge in [0.05, 0.1) is 7.52 Å². The smallest absolute Gasteiger partial charge is 0.0611 e. The lowest BCUT2D eigenvalue weighted by atomic mass is 9.03. The summed E-state index contributed by atoms with van der Waals surface area (Å²) >= 11 is 0. The molecule has 25 heavy (non-hydrogen) atoms. The molecule has 2 aliphatic heterocycles. The number of para-hydroxylation sites is 1. The molecular formula is C23H33BN-. The highest BCUT2D eigenvalue weighted by atomic mass is 14.9. The molecular weight excluding hydrogens is 301 g/mol. The van der Waals surface area contributed by atoms with Crippen LogP contribution in [0.2, 0.25) is 17.5 Å². The lowest BCUT2D eigenvalue weighted by molar-refractivity contribution is 0.399. The summed E-state index contributed by atoms with van der Waals surface area (Å²) in [6.45, 7) is 0. The van der Waals surface area contributed by atoms with Crippen molar-refractivity contribution in [3.05, 3.63) is 30.3 Å². The second-order valence-corrected chi connectivity index (χ2v) is 9.44. The Morgan fingerprint density at radius 3 is 2.00 bits per heavy atom. The van der Waals surface area contributed by atoms with Crippen molar-refractivity contribution in [1.29, 1.82) is 0 Å². The topological polar surface area (TPSA) is 4.93 Å². The quantitative estimate of drug-likeness (QED) is 0.569. The van der Waals surface area contributed by atoms with E-state index >= 15 is 0 Å². The molecule has 2 saturated heterocycles. The van der Waals surface area contributed by atoms with Gasteiger partial charge in [-0.3, -0.25) is 0 Å². The van der Waals surface area contributed by atoms with Crippen molar-refractivity contribution in [2.75, 3.05) is 0 Å². The summed E-state index contributed by atoms with van der Waals surface area (Å²) in [6, 6.07) is 9.57. The van der Waals surface area contributed by atoms with E-state index in [2.05, 4.69) is 35.9 Å². The molecule has 0 radical (unpaired) electrons. The van der Waals surface area contributed by atoms with Gasteiger partial charge in [0.2, 0.25) is 0 Å². The zero-order valence-corrected chi connectivity index (χ0v) is 15.8. The fourth-order valence-corrected chi connectivity index (χ4v) is 7.87. The van der Waals surface area contributed by atoms with Gasteiger partial charge >= 0.3 is 0 Å². The normalized spacial score (nSPS) is 34.2. The molecule has 2 bridgehead atoms. The Morgan fingerprint density at radius 2 is 1.40 bits per heavy atom. The first-order valence-electron chi connectivity index (χ1n) is 11.5. The van der Waals surface area contributed by atoms with E-state index in [1.807, 2.05) is 0 Å². The van der Waals surface area contributed by atoms with Crippen LogP contribution in [0.25, 0.3) is 10.9 Å². The van der Waals surface area contributed by atoms with Gasteiger partial charge in [0, 0.05) is 12.6 Å². The van der Waals surface area contributed by atoms with Gasteiger partial charge in [-0.25, -0.2) is 0 Å². The first kappa shape index (κ1) is 14.9. The zero-order valence-electron chi connectivity index (χ0n) is 16.8. The fourth-order valence-electron chi connectivity index (χ4n) is 7.87. The molecule has 1 saturated carbocycles. The number of benzene rings is 1. The van der Waals surface area contributed by atoms with Gasteiger partial charge in [-0.1, -0.05) is 94.9 Å². The summed E-state index contributed by atoms with van der Waals surface area (Å²) in [5, 5.41) is 1.19. The van der Waals surface area contributed by atoms with Crippen molar-refractivity contribution in [1.82, 2.24) is 4.57 Å². The predicted octanol–water partition coefficient (Wildman–Crippen LogP) is 6.28. The predicted molar refractivity (Wildman–Crippen MR) is 110 cm³/mol. The molecule has 1 aromatic heterocycles. The number of hydrogen-bond donors (Lipinski definition) is 0. The molecule has 3 fully saturated rings. The first-order valence-corrected chi connectivity index (χ1v) is 11.0. The molecule has 134 valence electrons. The van der Waals surface area contributed by atoms with Crippen LogP contribution in [0, 0.1) is 0 Å². The molecule has 3 aliphatic rings. The number of aryl methyl sites for hydroxylation is 1. The second-order valence-electron chi connectivity index (χ2n) is 9.44. The van der Waals surface area contributed by atoms with E-state index in [9.17, 15) is 1.37 Å². The molecule has 0 unspecified atom stereocenters. The van der Waals surface area contributed by atoms with Crippen molar-refractivity contribution in [3.63, 3.8) is 0 Å². The van der Waals surface area contributed by atoms with Gasteiger partial charge in [-0.15, -0.1) is 5.59 Å². The minimum absolute atomic E-state index is 0.612. The number of fused-ring (bicyclic) bond motifs is 3. The fraction of sp³-hybridized carbons (Fsp3) is 0.652. The molecule has 1 nitrogen and oxygen atoms in total. The van der Waals surface area contributed by atoms with E-state index in [1.54, 1.807) is 0 Å². The van der Waals surface area contributed by atoms with Crippen LogP contribution in [0.4, 0.5) is 0 Å². The number of rotatable bonds is 2. The number of hydrogen-bond acceptors (Lipinski definition) is 0. The molecule has 1 aliphatic carbocycles. The highest BCUT2D eigenvalue weighted by molar-refractivity contribution is 6.95. The van der Waals surface area contributed by atoms with Crippen LogP contribution in [0.1, 0.15) is 72.0 Å². The Balaban J connectivity index is 1.77. The van der Waals surface area contributed by atoms with Gasteiger partial charge in [0.15, 0.2) is 0 Å². The lowest BCUT2D eigenvalue weighted by Crippen LogP contribution is -2.64. The van der Waals surface area contributed by atoms with Crippen LogP contribution in [0.15, 0.2) is 30.3 Å². The van der Waals surface area contributed by atoms with Crippen LogP contribution in [0.3, 0.4) is 0 Å². The summed E-state index contributed by atoms with van der Waals surface area (Å²) < 4.78 is 11.7. The van der Waals surface area contributed by atoms with Crippen LogP contribution in [-0.4, -0.2) is 10.7 Å². The third-order valence-corrected chi connectivity index (χ3v) is 8.65. The van der Waals surface area contributed by atoms with Gasteiger partial charge in [0.1, 0.15) is 0 Å². The molecule has 1 aromatic carbocycles. The third kappa shape index (κ3) is 2.28. The summed E-state index contributed by atoms with van der Waals surface area (Å²) in [4.78, 5) is 0. The van der Waals surface area contributed by atoms with E-state index in [-0.39, 0.29) is 0 Å². The van der Waals surface area contributed by atoms with E-state index < -0.39 is 6.15 Å². The number of aromatic nitrogens is 1. The molecule has 0 spiro atoms. The van der Waals surface area contributed by atoms with Gasteiger partial charge in [0.25, 0.3) is 0 Å². The van der Waals surface area contributed by atoms with E-state index in [0.717, 1.165) is 23.5 Å².